The predicted octanol–water partition coefficient (Wildman–Crippen LogP) is 1.55. The maximum atomic E-state index is 12.9. The Kier molecular flexibility index (Phi) is 4.56. The quantitative estimate of drug-likeness (QED) is 0.890. The number of carbonyl (C=O) groups is 2. The number of fused-ring (bicyclic) bond motifs is 1. The van der Waals surface area contributed by atoms with Crippen LogP contribution in [0.5, 0.6) is 0 Å². The fourth-order valence-electron chi connectivity index (χ4n) is 4.03. The Hall–Kier alpha value is -2.89. The Balaban J connectivity index is 1.49. The molecule has 1 aromatic heterocycles. The zero-order valence-corrected chi connectivity index (χ0v) is 15.2. The van der Waals surface area contributed by atoms with Crippen molar-refractivity contribution in [2.45, 2.75) is 19.8 Å². The molecule has 3 heterocycles. The highest BCUT2D eigenvalue weighted by Gasteiger charge is 2.44. The van der Waals surface area contributed by atoms with Crippen LogP contribution in [0.1, 0.15) is 27.2 Å². The first-order valence-corrected chi connectivity index (χ1v) is 9.27. The summed E-state index contributed by atoms with van der Waals surface area (Å²) in [5.74, 6) is 0.217. The van der Waals surface area contributed by atoms with Gasteiger partial charge >= 0.3 is 5.63 Å². The van der Waals surface area contributed by atoms with Gasteiger partial charge in [0, 0.05) is 32.0 Å². The highest BCUT2D eigenvalue weighted by atomic mass is 16.4. The number of hydrogen-bond donors (Lipinski definition) is 1. The molecule has 2 amide bonds. The third-order valence-electron chi connectivity index (χ3n) is 5.52. The topological polar surface area (TPSA) is 79.6 Å². The Morgan fingerprint density at radius 2 is 1.96 bits per heavy atom. The van der Waals surface area contributed by atoms with E-state index in [1.807, 2.05) is 30.3 Å². The molecule has 0 spiro atoms. The van der Waals surface area contributed by atoms with Gasteiger partial charge in [-0.25, -0.2) is 4.79 Å². The summed E-state index contributed by atoms with van der Waals surface area (Å²) >= 11 is 0. The molecule has 0 radical (unpaired) electrons. The maximum Gasteiger partial charge on any atom is 0.349 e. The van der Waals surface area contributed by atoms with Crippen molar-refractivity contribution in [3.8, 4) is 0 Å². The molecular weight excluding hydrogens is 344 g/mol. The third-order valence-corrected chi connectivity index (χ3v) is 5.52. The van der Waals surface area contributed by atoms with Gasteiger partial charge in [0.15, 0.2) is 0 Å². The van der Waals surface area contributed by atoms with E-state index in [1.54, 1.807) is 17.9 Å². The van der Waals surface area contributed by atoms with E-state index in [2.05, 4.69) is 5.32 Å². The van der Waals surface area contributed by atoms with Crippen LogP contribution in [0.4, 0.5) is 0 Å². The number of nitrogens with zero attached hydrogens (tertiary/aromatic N) is 1. The number of nitrogens with one attached hydrogen (secondary N) is 1. The normalized spacial score (nSPS) is 21.2. The van der Waals surface area contributed by atoms with Crippen molar-refractivity contribution >= 4 is 11.8 Å². The van der Waals surface area contributed by atoms with Crippen molar-refractivity contribution in [1.82, 2.24) is 10.2 Å². The van der Waals surface area contributed by atoms with Crippen molar-refractivity contribution in [2.75, 3.05) is 19.6 Å². The smallest absolute Gasteiger partial charge is 0.349 e. The van der Waals surface area contributed by atoms with Crippen molar-refractivity contribution < 1.29 is 14.0 Å². The maximum absolute atomic E-state index is 12.9. The fraction of sp³-hybridized carbons (Fsp3) is 0.381. The molecule has 0 bridgehead atoms. The largest absolute Gasteiger partial charge is 0.427 e. The van der Waals surface area contributed by atoms with Crippen LogP contribution in [0.25, 0.3) is 0 Å². The van der Waals surface area contributed by atoms with E-state index in [-0.39, 0.29) is 29.2 Å². The first kappa shape index (κ1) is 17.5. The zero-order chi connectivity index (χ0) is 19.0. The van der Waals surface area contributed by atoms with Crippen LogP contribution >= 0.6 is 0 Å². The monoisotopic (exact) mass is 366 g/mol. The summed E-state index contributed by atoms with van der Waals surface area (Å²) in [7, 11) is 0. The van der Waals surface area contributed by atoms with Gasteiger partial charge in [0.25, 0.3) is 5.91 Å². The summed E-state index contributed by atoms with van der Waals surface area (Å²) in [4.78, 5) is 38.7. The van der Waals surface area contributed by atoms with Gasteiger partial charge in [0.05, 0.1) is 5.92 Å². The van der Waals surface area contributed by atoms with Crippen LogP contribution in [0.3, 0.4) is 0 Å². The van der Waals surface area contributed by atoms with Crippen LogP contribution < -0.4 is 10.9 Å². The summed E-state index contributed by atoms with van der Waals surface area (Å²) in [6, 6.07) is 11.8. The number of aryl methyl sites for hydroxylation is 3. The molecule has 2 aliphatic heterocycles. The molecular formula is C21H22N2O4. The van der Waals surface area contributed by atoms with E-state index in [1.165, 1.54) is 5.56 Å². The second-order valence-electron chi connectivity index (χ2n) is 7.37. The van der Waals surface area contributed by atoms with Crippen LogP contribution in [0.15, 0.2) is 45.6 Å². The minimum Gasteiger partial charge on any atom is -0.427 e. The van der Waals surface area contributed by atoms with Gasteiger partial charge in [-0.2, -0.15) is 0 Å². The van der Waals surface area contributed by atoms with Gasteiger partial charge in [-0.3, -0.25) is 9.59 Å². The molecule has 0 aliphatic carbocycles. The Morgan fingerprint density at radius 1 is 1.19 bits per heavy atom. The average molecular weight is 366 g/mol. The molecule has 2 atom stereocenters. The molecule has 6 heteroatoms. The van der Waals surface area contributed by atoms with Crippen molar-refractivity contribution in [1.29, 1.82) is 0 Å². The Bertz CT molecular complexity index is 935. The van der Waals surface area contributed by atoms with E-state index in [4.69, 9.17) is 4.42 Å². The SMILES string of the molecule is Cc1cc(CCc2ccccc2)oc(=O)c1C(=O)N1C[C@@H]2CNC(=O)[C@@H]2C1. The second-order valence-corrected chi connectivity index (χ2v) is 7.37. The van der Waals surface area contributed by atoms with E-state index in [9.17, 15) is 14.4 Å². The standard InChI is InChI=1S/C21H22N2O4/c1-13-9-16(8-7-14-5-3-2-4-6-14)27-21(26)18(13)20(25)23-11-15-10-22-19(24)17(15)12-23/h2-6,9,15,17H,7-8,10-12H2,1H3,(H,22,24)/t15-,17+/m0/s1. The van der Waals surface area contributed by atoms with Gasteiger partial charge in [-0.05, 0) is 30.5 Å². The van der Waals surface area contributed by atoms with Gasteiger partial charge in [-0.1, -0.05) is 30.3 Å². The molecule has 1 aromatic carbocycles. The highest BCUT2D eigenvalue weighted by molar-refractivity contribution is 5.96. The molecule has 27 heavy (non-hydrogen) atoms. The van der Waals surface area contributed by atoms with Crippen LogP contribution in [-0.2, 0) is 17.6 Å². The van der Waals surface area contributed by atoms with Gasteiger partial charge in [-0.15, -0.1) is 0 Å². The van der Waals surface area contributed by atoms with E-state index < -0.39 is 5.63 Å². The Labute approximate surface area is 157 Å². The molecule has 2 aromatic rings. The van der Waals surface area contributed by atoms with Crippen molar-refractivity contribution in [2.24, 2.45) is 11.8 Å². The first-order chi connectivity index (χ1) is 13.0. The summed E-state index contributed by atoms with van der Waals surface area (Å²) in [6.45, 7) is 3.22. The number of likely N-dealkylation sites (tertiary alicyclic amines) is 1. The third kappa shape index (κ3) is 3.39. The van der Waals surface area contributed by atoms with E-state index in [0.29, 0.717) is 37.4 Å². The molecule has 2 saturated heterocycles. The van der Waals surface area contributed by atoms with Crippen LogP contribution in [0.2, 0.25) is 0 Å². The van der Waals surface area contributed by atoms with Crippen LogP contribution in [-0.4, -0.2) is 36.3 Å². The first-order valence-electron chi connectivity index (χ1n) is 9.27. The molecule has 1 N–H and O–H groups in total. The highest BCUT2D eigenvalue weighted by Crippen LogP contribution is 2.28. The lowest BCUT2D eigenvalue weighted by molar-refractivity contribution is -0.122. The van der Waals surface area contributed by atoms with E-state index >= 15 is 0 Å². The van der Waals surface area contributed by atoms with Crippen molar-refractivity contribution in [3.05, 3.63) is 69.3 Å². The van der Waals surface area contributed by atoms with E-state index in [0.717, 1.165) is 6.42 Å². The minimum atomic E-state index is -0.593. The summed E-state index contributed by atoms with van der Waals surface area (Å²) in [5, 5.41) is 2.82. The average Bonchev–Trinajstić information content (AvgIpc) is 3.22. The van der Waals surface area contributed by atoms with Gasteiger partial charge in [0.2, 0.25) is 5.91 Å². The van der Waals surface area contributed by atoms with Gasteiger partial charge in [0.1, 0.15) is 11.3 Å². The lowest BCUT2D eigenvalue weighted by Gasteiger charge is -2.18. The van der Waals surface area contributed by atoms with Gasteiger partial charge < -0.3 is 14.6 Å². The lowest BCUT2D eigenvalue weighted by Crippen LogP contribution is -2.36. The molecule has 0 saturated carbocycles. The summed E-state index contributed by atoms with van der Waals surface area (Å²) < 4.78 is 5.42. The number of benzene rings is 1. The number of hydrogen-bond acceptors (Lipinski definition) is 4. The minimum absolute atomic E-state index is 0.00434. The second kappa shape index (κ2) is 7.02. The number of rotatable bonds is 4. The summed E-state index contributed by atoms with van der Waals surface area (Å²) in [5.41, 5.74) is 1.28. The predicted molar refractivity (Wildman–Crippen MR) is 99.5 cm³/mol. The molecule has 4 rings (SSSR count). The summed E-state index contributed by atoms with van der Waals surface area (Å²) in [6.07, 6.45) is 1.36. The number of amides is 2. The molecule has 6 nitrogen and oxygen atoms in total. The van der Waals surface area contributed by atoms with Crippen LogP contribution in [0, 0.1) is 18.8 Å². The Morgan fingerprint density at radius 3 is 2.67 bits per heavy atom. The zero-order valence-electron chi connectivity index (χ0n) is 15.2. The lowest BCUT2D eigenvalue weighted by atomic mass is 10.0. The molecule has 2 aliphatic rings. The fourth-order valence-corrected chi connectivity index (χ4v) is 4.03. The van der Waals surface area contributed by atoms with Crippen molar-refractivity contribution in [3.63, 3.8) is 0 Å². The molecule has 140 valence electrons. The molecule has 0 unspecified atom stereocenters. The number of carbonyl (C=O) groups excluding carboxylic acids is 2. The molecule has 2 fully saturated rings.